The summed E-state index contributed by atoms with van der Waals surface area (Å²) in [5, 5.41) is 22.9. The molecule has 0 aliphatic heterocycles. The van der Waals surface area contributed by atoms with Crippen molar-refractivity contribution in [2.75, 3.05) is 10.6 Å². The van der Waals surface area contributed by atoms with Gasteiger partial charge in [0.15, 0.2) is 11.6 Å². The zero-order valence-corrected chi connectivity index (χ0v) is 13.4. The van der Waals surface area contributed by atoms with Crippen LogP contribution in [0.4, 0.5) is 23.1 Å². The number of carbonyl (C=O) groups is 1. The molecule has 0 bridgehead atoms. The van der Waals surface area contributed by atoms with Crippen molar-refractivity contribution >= 4 is 28.9 Å². The first-order valence-electron chi connectivity index (χ1n) is 7.49. The molecule has 0 aliphatic carbocycles. The second-order valence-electron chi connectivity index (χ2n) is 5.24. The lowest BCUT2D eigenvalue weighted by Crippen LogP contribution is -2.02. The van der Waals surface area contributed by atoms with Gasteiger partial charge in [-0.15, -0.1) is 5.10 Å². The lowest BCUT2D eigenvalue weighted by Gasteiger charge is -2.08. The summed E-state index contributed by atoms with van der Waals surface area (Å²) in [6, 6.07) is 16.1. The van der Waals surface area contributed by atoms with E-state index in [4.69, 9.17) is 5.26 Å². The molecule has 122 valence electrons. The maximum Gasteiger partial charge on any atom is 0.249 e. The van der Waals surface area contributed by atoms with Gasteiger partial charge in [-0.25, -0.2) is 0 Å². The Labute approximate surface area is 144 Å². The van der Waals surface area contributed by atoms with Gasteiger partial charge in [-0.2, -0.15) is 15.3 Å². The molecule has 3 aromatic rings. The number of nitrogens with zero attached hydrogens (tertiary/aromatic N) is 4. The number of ketones is 1. The predicted molar refractivity (Wildman–Crippen MR) is 94.0 cm³/mol. The lowest BCUT2D eigenvalue weighted by atomic mass is 10.1. The zero-order valence-electron chi connectivity index (χ0n) is 13.4. The van der Waals surface area contributed by atoms with Crippen LogP contribution in [0.5, 0.6) is 0 Å². The first kappa shape index (κ1) is 16.1. The summed E-state index contributed by atoms with van der Waals surface area (Å²) in [7, 11) is 0. The molecule has 2 N–H and O–H groups in total. The largest absolute Gasteiger partial charge is 0.339 e. The molecular formula is C18H14N6O. The van der Waals surface area contributed by atoms with Crippen LogP contribution in [0.3, 0.4) is 0 Å². The van der Waals surface area contributed by atoms with Crippen LogP contribution in [0.1, 0.15) is 22.8 Å². The van der Waals surface area contributed by atoms with E-state index in [0.29, 0.717) is 28.6 Å². The van der Waals surface area contributed by atoms with E-state index >= 15 is 0 Å². The molecule has 3 rings (SSSR count). The quantitative estimate of drug-likeness (QED) is 0.691. The molecule has 0 spiro atoms. The molecule has 0 amide bonds. The molecule has 1 aromatic heterocycles. The smallest absolute Gasteiger partial charge is 0.249 e. The van der Waals surface area contributed by atoms with Crippen molar-refractivity contribution in [2.24, 2.45) is 0 Å². The zero-order chi connectivity index (χ0) is 17.6. The van der Waals surface area contributed by atoms with Crippen LogP contribution < -0.4 is 10.6 Å². The van der Waals surface area contributed by atoms with E-state index in [9.17, 15) is 4.79 Å². The number of anilines is 4. The van der Waals surface area contributed by atoms with E-state index in [1.165, 1.54) is 13.1 Å². The third-order valence-corrected chi connectivity index (χ3v) is 3.37. The molecule has 7 nitrogen and oxygen atoms in total. The van der Waals surface area contributed by atoms with Gasteiger partial charge in [0.25, 0.3) is 0 Å². The van der Waals surface area contributed by atoms with E-state index in [1.807, 2.05) is 6.07 Å². The first-order valence-corrected chi connectivity index (χ1v) is 7.49. The maximum absolute atomic E-state index is 11.3. The minimum Gasteiger partial charge on any atom is -0.339 e. The monoisotopic (exact) mass is 330 g/mol. The Morgan fingerprint density at radius 1 is 1.08 bits per heavy atom. The maximum atomic E-state index is 11.3. The molecule has 0 radical (unpaired) electrons. The van der Waals surface area contributed by atoms with Gasteiger partial charge >= 0.3 is 0 Å². The number of rotatable bonds is 5. The van der Waals surface area contributed by atoms with E-state index in [2.05, 4.69) is 31.9 Å². The molecule has 0 unspecified atom stereocenters. The van der Waals surface area contributed by atoms with E-state index in [-0.39, 0.29) is 5.78 Å². The minimum atomic E-state index is 0.0151. The average Bonchev–Trinajstić information content (AvgIpc) is 2.62. The third kappa shape index (κ3) is 4.14. The Balaban J connectivity index is 1.75. The first-order chi connectivity index (χ1) is 12.1. The van der Waals surface area contributed by atoms with Crippen molar-refractivity contribution in [1.82, 2.24) is 15.2 Å². The standard InChI is InChI=1S/C18H14N6O/c1-12(25)14-5-7-15(8-6-14)21-17-11-20-24-18(23-17)22-16-4-2-3-13(9-16)10-19/h2-9,11H,1H3,(H2,21,22,23,24). The van der Waals surface area contributed by atoms with Gasteiger partial charge in [0, 0.05) is 16.9 Å². The van der Waals surface area contributed by atoms with Crippen LogP contribution in [-0.4, -0.2) is 21.0 Å². The van der Waals surface area contributed by atoms with Crippen LogP contribution in [0.15, 0.2) is 54.7 Å². The highest BCUT2D eigenvalue weighted by Crippen LogP contribution is 2.18. The fourth-order valence-corrected chi connectivity index (χ4v) is 2.15. The van der Waals surface area contributed by atoms with E-state index in [1.54, 1.807) is 42.5 Å². The van der Waals surface area contributed by atoms with Crippen molar-refractivity contribution in [3.8, 4) is 6.07 Å². The van der Waals surface area contributed by atoms with Gasteiger partial charge in [-0.1, -0.05) is 6.07 Å². The SMILES string of the molecule is CC(=O)c1ccc(Nc2cnnc(Nc3cccc(C#N)c3)n2)cc1. The predicted octanol–water partition coefficient (Wildman–Crippen LogP) is 3.43. The molecule has 2 aromatic carbocycles. The van der Waals surface area contributed by atoms with Crippen LogP contribution >= 0.6 is 0 Å². The Morgan fingerprint density at radius 3 is 2.60 bits per heavy atom. The second-order valence-corrected chi connectivity index (χ2v) is 5.24. The molecule has 25 heavy (non-hydrogen) atoms. The summed E-state index contributed by atoms with van der Waals surface area (Å²) in [5.41, 5.74) is 2.66. The van der Waals surface area contributed by atoms with Gasteiger partial charge in [0.05, 0.1) is 17.8 Å². The molecule has 7 heteroatoms. The number of carbonyl (C=O) groups excluding carboxylic acids is 1. The highest BCUT2D eigenvalue weighted by molar-refractivity contribution is 5.94. The van der Waals surface area contributed by atoms with Gasteiger partial charge in [-0.3, -0.25) is 4.79 Å². The Hall–Kier alpha value is -3.79. The van der Waals surface area contributed by atoms with Crippen LogP contribution in [0.2, 0.25) is 0 Å². The molecule has 0 saturated carbocycles. The van der Waals surface area contributed by atoms with Crippen molar-refractivity contribution in [2.45, 2.75) is 6.92 Å². The van der Waals surface area contributed by atoms with Crippen LogP contribution in [-0.2, 0) is 0 Å². The van der Waals surface area contributed by atoms with Crippen LogP contribution in [0, 0.1) is 11.3 Å². The molecule has 0 fully saturated rings. The molecule has 0 aliphatic rings. The number of nitriles is 1. The fraction of sp³-hybridized carbons (Fsp3) is 0.0556. The number of benzene rings is 2. The Morgan fingerprint density at radius 2 is 1.88 bits per heavy atom. The Bertz CT molecular complexity index is 946. The molecule has 1 heterocycles. The topological polar surface area (TPSA) is 104 Å². The van der Waals surface area contributed by atoms with Gasteiger partial charge in [0.1, 0.15) is 0 Å². The normalized spacial score (nSPS) is 9.92. The molecular weight excluding hydrogens is 316 g/mol. The fourth-order valence-electron chi connectivity index (χ4n) is 2.15. The van der Waals surface area contributed by atoms with Gasteiger partial charge in [0.2, 0.25) is 5.95 Å². The van der Waals surface area contributed by atoms with Gasteiger partial charge in [-0.05, 0) is 49.4 Å². The van der Waals surface area contributed by atoms with Crippen LogP contribution in [0.25, 0.3) is 0 Å². The number of Topliss-reactive ketones (excluding diaryl/α,β-unsaturated/α-hetero) is 1. The third-order valence-electron chi connectivity index (χ3n) is 3.37. The number of hydrogen-bond acceptors (Lipinski definition) is 7. The van der Waals surface area contributed by atoms with E-state index in [0.717, 1.165) is 5.69 Å². The summed E-state index contributed by atoms with van der Waals surface area (Å²) >= 11 is 0. The average molecular weight is 330 g/mol. The summed E-state index contributed by atoms with van der Waals surface area (Å²) < 4.78 is 0. The highest BCUT2D eigenvalue weighted by atomic mass is 16.1. The minimum absolute atomic E-state index is 0.0151. The van der Waals surface area contributed by atoms with Crippen molar-refractivity contribution in [1.29, 1.82) is 5.26 Å². The summed E-state index contributed by atoms with van der Waals surface area (Å²) in [5.74, 6) is 0.825. The second kappa shape index (κ2) is 7.19. The summed E-state index contributed by atoms with van der Waals surface area (Å²) in [6.07, 6.45) is 1.50. The van der Waals surface area contributed by atoms with Crippen molar-refractivity contribution in [3.63, 3.8) is 0 Å². The number of aromatic nitrogens is 3. The summed E-state index contributed by atoms with van der Waals surface area (Å²) in [4.78, 5) is 15.6. The van der Waals surface area contributed by atoms with E-state index < -0.39 is 0 Å². The van der Waals surface area contributed by atoms with Crippen molar-refractivity contribution in [3.05, 3.63) is 65.9 Å². The summed E-state index contributed by atoms with van der Waals surface area (Å²) in [6.45, 7) is 1.52. The number of hydrogen-bond donors (Lipinski definition) is 2. The molecule has 0 saturated heterocycles. The highest BCUT2D eigenvalue weighted by Gasteiger charge is 2.04. The van der Waals surface area contributed by atoms with Gasteiger partial charge < -0.3 is 10.6 Å². The Kier molecular flexibility index (Phi) is 4.62. The van der Waals surface area contributed by atoms with Crippen molar-refractivity contribution < 1.29 is 4.79 Å². The number of nitrogens with one attached hydrogen (secondary N) is 2. The lowest BCUT2D eigenvalue weighted by molar-refractivity contribution is 0.101. The molecule has 0 atom stereocenters.